The Hall–Kier alpha value is -1.30. The Morgan fingerprint density at radius 2 is 0.912 bits per heavy atom. The molecule has 10 nitrogen and oxygen atoms in total. The molecule has 1 heterocycles. The maximum atomic E-state index is 12.5. The molecule has 0 aromatic rings. The Morgan fingerprint density at radius 1 is 0.618 bits per heavy atom. The van der Waals surface area contributed by atoms with Gasteiger partial charge in [-0.15, -0.1) is 0 Å². The molecular weight excluding hydrogens is 440 g/mol. The van der Waals surface area contributed by atoms with Gasteiger partial charge in [-0.2, -0.15) is 0 Å². The van der Waals surface area contributed by atoms with E-state index < -0.39 is 36.5 Å². The van der Waals surface area contributed by atoms with Gasteiger partial charge in [-0.3, -0.25) is 19.4 Å². The number of aliphatic hydroxyl groups is 4. The molecule has 1 fully saturated rings. The molecule has 6 atom stereocenters. The molecule has 0 spiro atoms. The highest BCUT2D eigenvalue weighted by Crippen LogP contribution is 2.12. The summed E-state index contributed by atoms with van der Waals surface area (Å²) in [4.78, 5) is 29.0. The Balaban J connectivity index is 2.34. The van der Waals surface area contributed by atoms with E-state index in [-0.39, 0.29) is 11.8 Å². The molecule has 1 rings (SSSR count). The van der Waals surface area contributed by atoms with Crippen molar-refractivity contribution in [1.82, 2.24) is 20.4 Å². The lowest BCUT2D eigenvalue weighted by Gasteiger charge is -2.30. The third-order valence-corrected chi connectivity index (χ3v) is 5.79. The maximum Gasteiger partial charge on any atom is 0.243 e. The van der Waals surface area contributed by atoms with Gasteiger partial charge in [0.15, 0.2) is 0 Å². The summed E-state index contributed by atoms with van der Waals surface area (Å²) in [5.74, 6) is -0.307. The molecule has 0 aromatic carbocycles. The van der Waals surface area contributed by atoms with Crippen molar-refractivity contribution >= 4 is 11.8 Å². The van der Waals surface area contributed by atoms with E-state index in [2.05, 4.69) is 10.6 Å². The highest BCUT2D eigenvalue weighted by Gasteiger charge is 2.32. The summed E-state index contributed by atoms with van der Waals surface area (Å²) in [7, 11) is 0. The molecule has 0 aromatic heterocycles. The predicted molar refractivity (Wildman–Crippen MR) is 131 cm³/mol. The summed E-state index contributed by atoms with van der Waals surface area (Å²) in [5, 5.41) is 44.1. The van der Waals surface area contributed by atoms with Gasteiger partial charge in [-0.05, 0) is 79.3 Å². The van der Waals surface area contributed by atoms with E-state index >= 15 is 0 Å². The number of aliphatic hydroxyl groups excluding tert-OH is 4. The van der Waals surface area contributed by atoms with Gasteiger partial charge in [0.1, 0.15) is 12.1 Å². The van der Waals surface area contributed by atoms with Gasteiger partial charge in [-0.25, -0.2) is 0 Å². The van der Waals surface area contributed by atoms with Gasteiger partial charge in [0, 0.05) is 26.2 Å². The minimum Gasteiger partial charge on any atom is -0.392 e. The number of unbranched alkanes of at least 4 members (excludes halogenated alkanes) is 2. The number of amides is 2. The number of rotatable bonds is 18. The summed E-state index contributed by atoms with van der Waals surface area (Å²) in [6.45, 7) is 10.2. The number of carbonyl (C=O) groups is 2. The van der Waals surface area contributed by atoms with E-state index in [0.717, 1.165) is 25.7 Å². The normalized spacial score (nSPS) is 22.4. The third-order valence-electron chi connectivity index (χ3n) is 5.79. The fourth-order valence-corrected chi connectivity index (χ4v) is 4.46. The largest absolute Gasteiger partial charge is 0.392 e. The van der Waals surface area contributed by atoms with Gasteiger partial charge in [0.05, 0.1) is 24.4 Å². The second-order valence-electron chi connectivity index (χ2n) is 10.0. The van der Waals surface area contributed by atoms with Crippen molar-refractivity contribution in [3.05, 3.63) is 0 Å². The number of nitrogens with zero attached hydrogens (tertiary/aromatic N) is 2. The summed E-state index contributed by atoms with van der Waals surface area (Å²) < 4.78 is 0. The fourth-order valence-electron chi connectivity index (χ4n) is 4.46. The van der Waals surface area contributed by atoms with Crippen LogP contribution in [0.2, 0.25) is 0 Å². The van der Waals surface area contributed by atoms with Gasteiger partial charge in [0.2, 0.25) is 11.8 Å². The molecule has 1 aliphatic heterocycles. The van der Waals surface area contributed by atoms with Crippen LogP contribution < -0.4 is 10.6 Å². The lowest BCUT2D eigenvalue weighted by molar-refractivity contribution is -0.137. The molecule has 1 saturated heterocycles. The fraction of sp³-hybridized carbons (Fsp3) is 0.917. The zero-order chi connectivity index (χ0) is 25.7. The standard InChI is InChI=1S/C24H48N4O6/c1-17(29)13-27(14-18(2)30)11-7-5-9-21-23(33)26-22(24(34)25-21)10-6-8-12-28(15-19(3)31)16-20(4)32/h17-22,29-32H,5-16H2,1-4H3,(H,25,34)(H,26,33)/t17-,18-,19-,20-,21+,22+/m1/s1. The zero-order valence-electron chi connectivity index (χ0n) is 21.4. The topological polar surface area (TPSA) is 146 Å². The first-order valence-electron chi connectivity index (χ1n) is 12.8. The monoisotopic (exact) mass is 488 g/mol. The van der Waals surface area contributed by atoms with Crippen LogP contribution in [-0.2, 0) is 9.59 Å². The van der Waals surface area contributed by atoms with E-state index in [1.54, 1.807) is 27.7 Å². The summed E-state index contributed by atoms with van der Waals surface area (Å²) >= 11 is 0. The average Bonchev–Trinajstić information content (AvgIpc) is 2.69. The average molecular weight is 489 g/mol. The Labute approximate surface area is 204 Å². The molecule has 0 unspecified atom stereocenters. The van der Waals surface area contributed by atoms with Crippen LogP contribution in [0.3, 0.4) is 0 Å². The van der Waals surface area contributed by atoms with E-state index in [4.69, 9.17) is 0 Å². The first-order valence-corrected chi connectivity index (χ1v) is 12.8. The van der Waals surface area contributed by atoms with E-state index in [9.17, 15) is 30.0 Å². The Kier molecular flexibility index (Phi) is 14.8. The number of nitrogens with one attached hydrogen (secondary N) is 2. The van der Waals surface area contributed by atoms with Gasteiger partial charge >= 0.3 is 0 Å². The predicted octanol–water partition coefficient (Wildman–Crippen LogP) is -0.563. The number of hydrogen-bond acceptors (Lipinski definition) is 8. The Morgan fingerprint density at radius 3 is 1.18 bits per heavy atom. The molecule has 6 N–H and O–H groups in total. The van der Waals surface area contributed by atoms with Gasteiger partial charge in [0.25, 0.3) is 0 Å². The van der Waals surface area contributed by atoms with Crippen LogP contribution in [0.25, 0.3) is 0 Å². The van der Waals surface area contributed by atoms with E-state index in [1.165, 1.54) is 0 Å². The highest BCUT2D eigenvalue weighted by atomic mass is 16.3. The summed E-state index contributed by atoms with van der Waals surface area (Å²) in [5.41, 5.74) is 0. The smallest absolute Gasteiger partial charge is 0.243 e. The van der Waals surface area contributed by atoms with Crippen LogP contribution in [0, 0.1) is 0 Å². The molecule has 34 heavy (non-hydrogen) atoms. The first kappa shape index (κ1) is 30.7. The minimum absolute atomic E-state index is 0.153. The SMILES string of the molecule is C[C@@H](O)CN(CCCC[C@@H]1NC(=O)[C@H](CCCCN(C[C@@H](C)O)C[C@@H](C)O)NC1=O)C[C@@H](C)O. The van der Waals surface area contributed by atoms with Crippen molar-refractivity contribution in [3.8, 4) is 0 Å². The summed E-state index contributed by atoms with van der Waals surface area (Å²) in [6.07, 6.45) is 2.32. The molecule has 1 aliphatic rings. The van der Waals surface area contributed by atoms with E-state index in [1.807, 2.05) is 9.80 Å². The molecular formula is C24H48N4O6. The second-order valence-corrected chi connectivity index (χ2v) is 10.0. The van der Waals surface area contributed by atoms with Crippen molar-refractivity contribution in [2.45, 2.75) is 103 Å². The maximum absolute atomic E-state index is 12.5. The first-order chi connectivity index (χ1) is 16.0. The molecule has 0 aliphatic carbocycles. The Bertz CT molecular complexity index is 518. The van der Waals surface area contributed by atoms with Crippen LogP contribution in [0.5, 0.6) is 0 Å². The lowest BCUT2D eigenvalue weighted by Crippen LogP contribution is -2.61. The number of carbonyl (C=O) groups excluding carboxylic acids is 2. The third kappa shape index (κ3) is 13.6. The van der Waals surface area contributed by atoms with Gasteiger partial charge < -0.3 is 31.1 Å². The van der Waals surface area contributed by atoms with Crippen molar-refractivity contribution in [2.24, 2.45) is 0 Å². The van der Waals surface area contributed by atoms with Crippen LogP contribution in [0.1, 0.15) is 66.2 Å². The highest BCUT2D eigenvalue weighted by molar-refractivity contribution is 5.96. The van der Waals surface area contributed by atoms with Gasteiger partial charge in [-0.1, -0.05) is 0 Å². The molecule has 200 valence electrons. The molecule has 10 heteroatoms. The van der Waals surface area contributed by atoms with Crippen LogP contribution in [0.15, 0.2) is 0 Å². The molecule has 0 saturated carbocycles. The molecule has 0 radical (unpaired) electrons. The second kappa shape index (κ2) is 16.4. The van der Waals surface area contributed by atoms with Crippen molar-refractivity contribution in [2.75, 3.05) is 39.3 Å². The molecule has 2 amide bonds. The quantitative estimate of drug-likeness (QED) is 0.141. The van der Waals surface area contributed by atoms with Crippen LogP contribution in [-0.4, -0.2) is 118 Å². The minimum atomic E-state index is -0.529. The van der Waals surface area contributed by atoms with Crippen molar-refractivity contribution in [3.63, 3.8) is 0 Å². The zero-order valence-corrected chi connectivity index (χ0v) is 21.4. The van der Waals surface area contributed by atoms with Crippen molar-refractivity contribution < 1.29 is 30.0 Å². The van der Waals surface area contributed by atoms with Crippen LogP contribution in [0.4, 0.5) is 0 Å². The summed E-state index contributed by atoms with van der Waals surface area (Å²) in [6, 6.07) is -1.06. The lowest BCUT2D eigenvalue weighted by atomic mass is 10.0. The van der Waals surface area contributed by atoms with E-state index in [0.29, 0.717) is 52.1 Å². The number of hydrogen-bond donors (Lipinski definition) is 6. The van der Waals surface area contributed by atoms with Crippen molar-refractivity contribution in [1.29, 1.82) is 0 Å². The number of piperazine rings is 1. The van der Waals surface area contributed by atoms with Crippen LogP contribution >= 0.6 is 0 Å². The molecule has 0 bridgehead atoms.